The van der Waals surface area contributed by atoms with Gasteiger partial charge < -0.3 is 24.8 Å². The van der Waals surface area contributed by atoms with Gasteiger partial charge in [-0.3, -0.25) is 4.79 Å². The van der Waals surface area contributed by atoms with Crippen LogP contribution in [0.5, 0.6) is 11.5 Å². The van der Waals surface area contributed by atoms with Gasteiger partial charge in [-0.25, -0.2) is 0 Å². The van der Waals surface area contributed by atoms with E-state index in [1.54, 1.807) is 44.6 Å². The molecule has 0 aliphatic carbocycles. The summed E-state index contributed by atoms with van der Waals surface area (Å²) in [5, 5.41) is 6.30. The minimum atomic E-state index is -0.180. The zero-order valence-corrected chi connectivity index (χ0v) is 14.9. The standard InChI is InChI=1S/C18H21ClN2O4/c1-23-8-9-25-15-5-3-4-14(10-15)21-18(22)12-20-13-6-7-17(24-2)16(19)11-13/h3-7,10-11,20H,8-9,12H2,1-2H3,(H,21,22). The molecule has 2 aromatic rings. The van der Waals surface area contributed by atoms with Crippen molar-refractivity contribution in [3.8, 4) is 11.5 Å². The molecule has 0 unspecified atom stereocenters. The molecular weight excluding hydrogens is 344 g/mol. The molecule has 2 N–H and O–H groups in total. The second kappa shape index (κ2) is 9.76. The average molecular weight is 365 g/mol. The van der Waals surface area contributed by atoms with Crippen molar-refractivity contribution < 1.29 is 19.0 Å². The normalized spacial score (nSPS) is 10.2. The van der Waals surface area contributed by atoms with Crippen LogP contribution >= 0.6 is 11.6 Å². The van der Waals surface area contributed by atoms with E-state index < -0.39 is 0 Å². The van der Waals surface area contributed by atoms with Gasteiger partial charge in [0, 0.05) is 24.6 Å². The third-order valence-corrected chi connectivity index (χ3v) is 3.57. The van der Waals surface area contributed by atoms with Gasteiger partial charge in [0.05, 0.1) is 25.3 Å². The molecule has 0 aliphatic rings. The van der Waals surface area contributed by atoms with Gasteiger partial charge in [-0.1, -0.05) is 17.7 Å². The second-order valence-corrected chi connectivity index (χ2v) is 5.53. The summed E-state index contributed by atoms with van der Waals surface area (Å²) in [6, 6.07) is 12.4. The van der Waals surface area contributed by atoms with Crippen molar-refractivity contribution in [3.05, 3.63) is 47.5 Å². The maximum Gasteiger partial charge on any atom is 0.243 e. The fraction of sp³-hybridized carbons (Fsp3) is 0.278. The summed E-state index contributed by atoms with van der Waals surface area (Å²) in [5.74, 6) is 1.08. The lowest BCUT2D eigenvalue weighted by Crippen LogP contribution is -2.21. The summed E-state index contributed by atoms with van der Waals surface area (Å²) in [5.41, 5.74) is 1.40. The smallest absolute Gasteiger partial charge is 0.243 e. The molecule has 7 heteroatoms. The Morgan fingerprint density at radius 3 is 2.64 bits per heavy atom. The van der Waals surface area contributed by atoms with Crippen LogP contribution in [0.3, 0.4) is 0 Å². The molecule has 0 aromatic heterocycles. The van der Waals surface area contributed by atoms with Crippen LogP contribution in [0.2, 0.25) is 5.02 Å². The number of methoxy groups -OCH3 is 2. The van der Waals surface area contributed by atoms with Gasteiger partial charge in [-0.05, 0) is 30.3 Å². The predicted octanol–water partition coefficient (Wildman–Crippen LogP) is 3.42. The Labute approximate surface area is 152 Å². The summed E-state index contributed by atoms with van der Waals surface area (Å²) in [7, 11) is 3.16. The van der Waals surface area contributed by atoms with Gasteiger partial charge >= 0.3 is 0 Å². The number of benzene rings is 2. The Kier molecular flexibility index (Phi) is 7.37. The number of rotatable bonds is 9. The van der Waals surface area contributed by atoms with Crippen molar-refractivity contribution in [1.29, 1.82) is 0 Å². The van der Waals surface area contributed by atoms with Crippen molar-refractivity contribution >= 4 is 28.9 Å². The molecular formula is C18H21ClN2O4. The molecule has 6 nitrogen and oxygen atoms in total. The molecule has 134 valence electrons. The predicted molar refractivity (Wildman–Crippen MR) is 98.9 cm³/mol. The zero-order valence-electron chi connectivity index (χ0n) is 14.2. The lowest BCUT2D eigenvalue weighted by atomic mass is 10.3. The van der Waals surface area contributed by atoms with Crippen LogP contribution in [0.1, 0.15) is 0 Å². The van der Waals surface area contributed by atoms with Crippen molar-refractivity contribution in [1.82, 2.24) is 0 Å². The van der Waals surface area contributed by atoms with Gasteiger partial charge in [0.25, 0.3) is 0 Å². The van der Waals surface area contributed by atoms with Gasteiger partial charge in [0.1, 0.15) is 18.1 Å². The molecule has 0 bridgehead atoms. The number of hydrogen-bond acceptors (Lipinski definition) is 5. The van der Waals surface area contributed by atoms with Crippen LogP contribution < -0.4 is 20.1 Å². The van der Waals surface area contributed by atoms with Gasteiger partial charge in [-0.2, -0.15) is 0 Å². The molecule has 0 spiro atoms. The Hall–Kier alpha value is -2.44. The largest absolute Gasteiger partial charge is 0.495 e. The minimum Gasteiger partial charge on any atom is -0.495 e. The van der Waals surface area contributed by atoms with E-state index in [2.05, 4.69) is 10.6 Å². The first-order valence-electron chi connectivity index (χ1n) is 7.71. The fourth-order valence-electron chi connectivity index (χ4n) is 2.07. The molecule has 0 radical (unpaired) electrons. The number of carbonyl (C=O) groups is 1. The van der Waals surface area contributed by atoms with E-state index in [4.69, 9.17) is 25.8 Å². The summed E-state index contributed by atoms with van der Waals surface area (Å²) in [4.78, 5) is 12.1. The zero-order chi connectivity index (χ0) is 18.1. The van der Waals surface area contributed by atoms with Crippen LogP contribution in [0.15, 0.2) is 42.5 Å². The third-order valence-electron chi connectivity index (χ3n) is 3.28. The topological polar surface area (TPSA) is 68.8 Å². The first kappa shape index (κ1) is 18.9. The van der Waals surface area contributed by atoms with Gasteiger partial charge in [-0.15, -0.1) is 0 Å². The fourth-order valence-corrected chi connectivity index (χ4v) is 2.33. The van der Waals surface area contributed by atoms with Crippen molar-refractivity contribution in [2.75, 3.05) is 44.6 Å². The summed E-state index contributed by atoms with van der Waals surface area (Å²) >= 11 is 6.06. The maximum atomic E-state index is 12.1. The van der Waals surface area contributed by atoms with Crippen LogP contribution in [0, 0.1) is 0 Å². The SMILES string of the molecule is COCCOc1cccc(NC(=O)CNc2ccc(OC)c(Cl)c2)c1. The van der Waals surface area contributed by atoms with E-state index in [0.29, 0.717) is 35.4 Å². The highest BCUT2D eigenvalue weighted by Gasteiger charge is 2.06. The highest BCUT2D eigenvalue weighted by molar-refractivity contribution is 6.32. The van der Waals surface area contributed by atoms with E-state index in [0.717, 1.165) is 5.69 Å². The molecule has 25 heavy (non-hydrogen) atoms. The Bertz CT molecular complexity index is 709. The molecule has 0 heterocycles. The minimum absolute atomic E-state index is 0.109. The van der Waals surface area contributed by atoms with Gasteiger partial charge in [0.15, 0.2) is 0 Å². The maximum absolute atomic E-state index is 12.1. The summed E-state index contributed by atoms with van der Waals surface area (Å²) in [6.07, 6.45) is 0. The van der Waals surface area contributed by atoms with E-state index >= 15 is 0 Å². The second-order valence-electron chi connectivity index (χ2n) is 5.12. The highest BCUT2D eigenvalue weighted by Crippen LogP contribution is 2.27. The van der Waals surface area contributed by atoms with Gasteiger partial charge in [0.2, 0.25) is 5.91 Å². The van der Waals surface area contributed by atoms with E-state index in [1.165, 1.54) is 0 Å². The molecule has 0 saturated heterocycles. The number of amides is 1. The van der Waals surface area contributed by atoms with E-state index in [9.17, 15) is 4.79 Å². The number of anilines is 2. The molecule has 1 amide bonds. The first-order valence-corrected chi connectivity index (χ1v) is 8.09. The first-order chi connectivity index (χ1) is 12.1. The lowest BCUT2D eigenvalue weighted by molar-refractivity contribution is -0.114. The molecule has 0 aliphatic heterocycles. The van der Waals surface area contributed by atoms with Crippen molar-refractivity contribution in [2.45, 2.75) is 0 Å². The summed E-state index contributed by atoms with van der Waals surface area (Å²) < 4.78 is 15.5. The summed E-state index contributed by atoms with van der Waals surface area (Å²) in [6.45, 7) is 1.07. The monoisotopic (exact) mass is 364 g/mol. The third kappa shape index (κ3) is 6.17. The average Bonchev–Trinajstić information content (AvgIpc) is 2.61. The molecule has 0 saturated carbocycles. The van der Waals surface area contributed by atoms with Crippen LogP contribution in [0.25, 0.3) is 0 Å². The Morgan fingerprint density at radius 2 is 1.92 bits per heavy atom. The lowest BCUT2D eigenvalue weighted by Gasteiger charge is -2.11. The molecule has 2 rings (SSSR count). The number of halogens is 1. The highest BCUT2D eigenvalue weighted by atomic mass is 35.5. The molecule has 0 fully saturated rings. The number of nitrogens with one attached hydrogen (secondary N) is 2. The number of ether oxygens (including phenoxy) is 3. The van der Waals surface area contributed by atoms with Crippen molar-refractivity contribution in [3.63, 3.8) is 0 Å². The van der Waals surface area contributed by atoms with E-state index in [1.807, 2.05) is 12.1 Å². The number of hydrogen-bond donors (Lipinski definition) is 2. The molecule has 2 aromatic carbocycles. The quantitative estimate of drug-likeness (QED) is 0.667. The van der Waals surface area contributed by atoms with Crippen LogP contribution in [-0.2, 0) is 9.53 Å². The Morgan fingerprint density at radius 1 is 1.08 bits per heavy atom. The van der Waals surface area contributed by atoms with E-state index in [-0.39, 0.29) is 12.5 Å². The Balaban J connectivity index is 1.85. The molecule has 0 atom stereocenters. The van der Waals surface area contributed by atoms with Crippen molar-refractivity contribution in [2.24, 2.45) is 0 Å². The van der Waals surface area contributed by atoms with Crippen LogP contribution in [0.4, 0.5) is 11.4 Å². The number of carbonyl (C=O) groups excluding carboxylic acids is 1. The van der Waals surface area contributed by atoms with Crippen LogP contribution in [-0.4, -0.2) is 39.9 Å².